The first-order chi connectivity index (χ1) is 9.97. The Balaban J connectivity index is 2.00. The number of nitrogens with zero attached hydrogens (tertiary/aromatic N) is 1. The number of carbonyl (C=O) groups excluding carboxylic acids is 1. The molecule has 3 nitrogen and oxygen atoms in total. The van der Waals surface area contributed by atoms with Gasteiger partial charge in [0.2, 0.25) is 5.91 Å². The number of carbonyl (C=O) groups is 1. The molecule has 0 fully saturated rings. The standard InChI is InChI=1S/C18H22N2O/c1-18(2,3)15-9-4-5-10-16(15)20-17(21)12-11-14-8-6-7-13-19-14/h4-10,13H,11-12H2,1-3H3,(H,20,21). The molecule has 0 saturated heterocycles. The predicted octanol–water partition coefficient (Wildman–Crippen LogP) is 3.95. The minimum Gasteiger partial charge on any atom is -0.326 e. The minimum atomic E-state index is 0.00482. The molecule has 1 N–H and O–H groups in total. The van der Waals surface area contributed by atoms with Gasteiger partial charge in [0.05, 0.1) is 0 Å². The van der Waals surface area contributed by atoms with Gasteiger partial charge in [-0.1, -0.05) is 45.0 Å². The molecule has 2 aromatic rings. The largest absolute Gasteiger partial charge is 0.326 e. The SMILES string of the molecule is CC(C)(C)c1ccccc1NC(=O)CCc1ccccn1. The Labute approximate surface area is 126 Å². The maximum absolute atomic E-state index is 12.1. The Morgan fingerprint density at radius 3 is 2.48 bits per heavy atom. The monoisotopic (exact) mass is 282 g/mol. The predicted molar refractivity (Wildman–Crippen MR) is 86.3 cm³/mol. The van der Waals surface area contributed by atoms with E-state index in [2.05, 4.69) is 37.1 Å². The van der Waals surface area contributed by atoms with Gasteiger partial charge in [-0.2, -0.15) is 0 Å². The molecule has 0 unspecified atom stereocenters. The van der Waals surface area contributed by atoms with E-state index >= 15 is 0 Å². The number of para-hydroxylation sites is 1. The van der Waals surface area contributed by atoms with Crippen LogP contribution >= 0.6 is 0 Å². The van der Waals surface area contributed by atoms with Crippen molar-refractivity contribution < 1.29 is 4.79 Å². The molecule has 1 heterocycles. The van der Waals surface area contributed by atoms with Crippen molar-refractivity contribution in [3.63, 3.8) is 0 Å². The van der Waals surface area contributed by atoms with Gasteiger partial charge in [-0.3, -0.25) is 9.78 Å². The Morgan fingerprint density at radius 2 is 1.81 bits per heavy atom. The molecule has 1 aromatic heterocycles. The van der Waals surface area contributed by atoms with Gasteiger partial charge in [0.25, 0.3) is 0 Å². The van der Waals surface area contributed by atoms with Crippen LogP contribution in [0, 0.1) is 0 Å². The highest BCUT2D eigenvalue weighted by molar-refractivity contribution is 5.91. The van der Waals surface area contributed by atoms with E-state index in [-0.39, 0.29) is 11.3 Å². The van der Waals surface area contributed by atoms with E-state index in [9.17, 15) is 4.79 Å². The van der Waals surface area contributed by atoms with Crippen LogP contribution in [0.3, 0.4) is 0 Å². The molecule has 0 radical (unpaired) electrons. The average molecular weight is 282 g/mol. The Kier molecular flexibility index (Phi) is 4.73. The zero-order valence-corrected chi connectivity index (χ0v) is 12.9. The molecular formula is C18H22N2O. The number of rotatable bonds is 4. The highest BCUT2D eigenvalue weighted by Crippen LogP contribution is 2.29. The molecule has 1 amide bonds. The molecule has 1 aromatic carbocycles. The smallest absolute Gasteiger partial charge is 0.224 e. The highest BCUT2D eigenvalue weighted by Gasteiger charge is 2.18. The topological polar surface area (TPSA) is 42.0 Å². The van der Waals surface area contributed by atoms with Crippen LogP contribution in [-0.2, 0) is 16.6 Å². The van der Waals surface area contributed by atoms with Crippen LogP contribution in [0.5, 0.6) is 0 Å². The maximum atomic E-state index is 12.1. The molecule has 0 aliphatic rings. The van der Waals surface area contributed by atoms with E-state index in [4.69, 9.17) is 0 Å². The van der Waals surface area contributed by atoms with Crippen LogP contribution in [0.4, 0.5) is 5.69 Å². The lowest BCUT2D eigenvalue weighted by Crippen LogP contribution is -2.19. The number of benzene rings is 1. The summed E-state index contributed by atoms with van der Waals surface area (Å²) in [7, 11) is 0. The zero-order chi connectivity index (χ0) is 15.3. The molecule has 0 bridgehead atoms. The third-order valence-electron chi connectivity index (χ3n) is 3.34. The summed E-state index contributed by atoms with van der Waals surface area (Å²) in [5.74, 6) is 0.0253. The lowest BCUT2D eigenvalue weighted by Gasteiger charge is -2.23. The van der Waals surface area contributed by atoms with Crippen LogP contribution in [-0.4, -0.2) is 10.9 Å². The Bertz CT molecular complexity index is 600. The Hall–Kier alpha value is -2.16. The fraction of sp³-hybridized carbons (Fsp3) is 0.333. The van der Waals surface area contributed by atoms with Crippen molar-refractivity contribution in [1.29, 1.82) is 0 Å². The summed E-state index contributed by atoms with van der Waals surface area (Å²) >= 11 is 0. The molecular weight excluding hydrogens is 260 g/mol. The summed E-state index contributed by atoms with van der Waals surface area (Å²) in [6.07, 6.45) is 2.85. The lowest BCUT2D eigenvalue weighted by molar-refractivity contribution is -0.116. The van der Waals surface area contributed by atoms with Crippen molar-refractivity contribution in [2.24, 2.45) is 0 Å². The summed E-state index contributed by atoms with van der Waals surface area (Å²) < 4.78 is 0. The molecule has 3 heteroatoms. The molecule has 21 heavy (non-hydrogen) atoms. The normalized spacial score (nSPS) is 11.2. The van der Waals surface area contributed by atoms with Gasteiger partial charge in [-0.05, 0) is 35.6 Å². The molecule has 110 valence electrons. The second kappa shape index (κ2) is 6.53. The fourth-order valence-corrected chi connectivity index (χ4v) is 2.25. The van der Waals surface area contributed by atoms with E-state index in [1.807, 2.05) is 36.4 Å². The van der Waals surface area contributed by atoms with Gasteiger partial charge in [0, 0.05) is 24.0 Å². The summed E-state index contributed by atoms with van der Waals surface area (Å²) in [5.41, 5.74) is 2.99. The molecule has 0 aliphatic heterocycles. The first-order valence-corrected chi connectivity index (χ1v) is 7.26. The van der Waals surface area contributed by atoms with Crippen molar-refractivity contribution in [2.75, 3.05) is 5.32 Å². The van der Waals surface area contributed by atoms with Gasteiger partial charge in [-0.15, -0.1) is 0 Å². The average Bonchev–Trinajstić information content (AvgIpc) is 2.46. The number of anilines is 1. The van der Waals surface area contributed by atoms with Gasteiger partial charge >= 0.3 is 0 Å². The molecule has 0 spiro atoms. The number of hydrogen-bond acceptors (Lipinski definition) is 2. The van der Waals surface area contributed by atoms with Crippen LogP contribution in [0.1, 0.15) is 38.4 Å². The van der Waals surface area contributed by atoms with Crippen LogP contribution in [0.25, 0.3) is 0 Å². The second-order valence-corrected chi connectivity index (χ2v) is 6.16. The number of pyridine rings is 1. The second-order valence-electron chi connectivity index (χ2n) is 6.16. The fourth-order valence-electron chi connectivity index (χ4n) is 2.25. The van der Waals surface area contributed by atoms with E-state index in [1.165, 1.54) is 0 Å². The molecule has 0 saturated carbocycles. The van der Waals surface area contributed by atoms with E-state index < -0.39 is 0 Å². The van der Waals surface area contributed by atoms with Crippen LogP contribution < -0.4 is 5.32 Å². The van der Waals surface area contributed by atoms with E-state index in [0.717, 1.165) is 16.9 Å². The number of aromatic nitrogens is 1. The summed E-state index contributed by atoms with van der Waals surface area (Å²) in [6, 6.07) is 13.7. The van der Waals surface area contributed by atoms with Crippen molar-refractivity contribution in [2.45, 2.75) is 39.0 Å². The molecule has 2 rings (SSSR count). The van der Waals surface area contributed by atoms with Crippen molar-refractivity contribution in [1.82, 2.24) is 4.98 Å². The number of hydrogen-bond donors (Lipinski definition) is 1. The lowest BCUT2D eigenvalue weighted by atomic mass is 9.86. The van der Waals surface area contributed by atoms with Gasteiger partial charge in [0.1, 0.15) is 0 Å². The van der Waals surface area contributed by atoms with E-state index in [1.54, 1.807) is 6.20 Å². The maximum Gasteiger partial charge on any atom is 0.224 e. The molecule has 0 aliphatic carbocycles. The first-order valence-electron chi connectivity index (χ1n) is 7.26. The quantitative estimate of drug-likeness (QED) is 0.922. The number of amides is 1. The Morgan fingerprint density at radius 1 is 1.10 bits per heavy atom. The number of aryl methyl sites for hydroxylation is 1. The van der Waals surface area contributed by atoms with E-state index in [0.29, 0.717) is 12.8 Å². The van der Waals surface area contributed by atoms with Gasteiger partial charge < -0.3 is 5.32 Å². The van der Waals surface area contributed by atoms with Crippen LogP contribution in [0.15, 0.2) is 48.7 Å². The zero-order valence-electron chi connectivity index (χ0n) is 12.9. The van der Waals surface area contributed by atoms with Crippen molar-refractivity contribution >= 4 is 11.6 Å². The highest BCUT2D eigenvalue weighted by atomic mass is 16.1. The molecule has 0 atom stereocenters. The third kappa shape index (κ3) is 4.42. The first kappa shape index (κ1) is 15.2. The third-order valence-corrected chi connectivity index (χ3v) is 3.34. The van der Waals surface area contributed by atoms with Crippen LogP contribution in [0.2, 0.25) is 0 Å². The summed E-state index contributed by atoms with van der Waals surface area (Å²) in [4.78, 5) is 16.4. The van der Waals surface area contributed by atoms with Crippen molar-refractivity contribution in [3.05, 3.63) is 59.9 Å². The minimum absolute atomic E-state index is 0.00482. The number of nitrogens with one attached hydrogen (secondary N) is 1. The van der Waals surface area contributed by atoms with Gasteiger partial charge in [0.15, 0.2) is 0 Å². The van der Waals surface area contributed by atoms with Gasteiger partial charge in [-0.25, -0.2) is 0 Å². The summed E-state index contributed by atoms with van der Waals surface area (Å²) in [6.45, 7) is 6.43. The summed E-state index contributed by atoms with van der Waals surface area (Å²) in [5, 5.41) is 3.02. The van der Waals surface area contributed by atoms with Crippen molar-refractivity contribution in [3.8, 4) is 0 Å².